The van der Waals surface area contributed by atoms with Crippen molar-refractivity contribution >= 4 is 15.9 Å². The summed E-state index contributed by atoms with van der Waals surface area (Å²) in [5, 5.41) is 3.50. The third kappa shape index (κ3) is 6.20. The Hall–Kier alpha value is -0.380. The number of halogens is 1. The zero-order valence-electron chi connectivity index (χ0n) is 10.9. The van der Waals surface area contributed by atoms with E-state index in [1.54, 1.807) is 7.11 Å². The van der Waals surface area contributed by atoms with Gasteiger partial charge in [0.05, 0.1) is 0 Å². The van der Waals surface area contributed by atoms with Crippen LogP contribution in [0.15, 0.2) is 28.7 Å². The molecular weight excluding hydrogens is 278 g/mol. The van der Waals surface area contributed by atoms with E-state index in [0.29, 0.717) is 0 Å². The van der Waals surface area contributed by atoms with E-state index in [1.165, 1.54) is 5.56 Å². The minimum atomic E-state index is 0.280. The van der Waals surface area contributed by atoms with Crippen LogP contribution in [0.4, 0.5) is 0 Å². The van der Waals surface area contributed by atoms with Crippen molar-refractivity contribution in [2.75, 3.05) is 20.3 Å². The Balaban J connectivity index is 2.32. The first-order valence-electron chi connectivity index (χ1n) is 5.98. The van der Waals surface area contributed by atoms with Crippen molar-refractivity contribution in [3.05, 3.63) is 34.3 Å². The quantitative estimate of drug-likeness (QED) is 0.830. The van der Waals surface area contributed by atoms with Crippen molar-refractivity contribution < 1.29 is 4.74 Å². The van der Waals surface area contributed by atoms with Crippen LogP contribution in [0, 0.1) is 5.41 Å². The fourth-order valence-electron chi connectivity index (χ4n) is 1.66. The predicted molar refractivity (Wildman–Crippen MR) is 76.1 cm³/mol. The Morgan fingerprint density at radius 2 is 2.12 bits per heavy atom. The average molecular weight is 300 g/mol. The van der Waals surface area contributed by atoms with Crippen molar-refractivity contribution in [2.24, 2.45) is 5.41 Å². The first-order chi connectivity index (χ1) is 8.03. The summed E-state index contributed by atoms with van der Waals surface area (Å²) in [7, 11) is 1.75. The Morgan fingerprint density at radius 1 is 1.35 bits per heavy atom. The Morgan fingerprint density at radius 3 is 2.76 bits per heavy atom. The molecule has 0 saturated heterocycles. The maximum absolute atomic E-state index is 5.12. The molecule has 0 aliphatic heterocycles. The lowest BCUT2D eigenvalue weighted by molar-refractivity contribution is 0.150. The molecule has 0 aromatic heterocycles. The van der Waals surface area contributed by atoms with E-state index in [-0.39, 0.29) is 5.41 Å². The molecule has 96 valence electrons. The van der Waals surface area contributed by atoms with Gasteiger partial charge in [0.1, 0.15) is 0 Å². The van der Waals surface area contributed by atoms with Gasteiger partial charge in [-0.3, -0.25) is 0 Å². The Bertz CT molecular complexity index is 339. The van der Waals surface area contributed by atoms with Gasteiger partial charge in [-0.15, -0.1) is 0 Å². The van der Waals surface area contributed by atoms with Crippen LogP contribution in [-0.2, 0) is 11.3 Å². The van der Waals surface area contributed by atoms with Gasteiger partial charge in [-0.2, -0.15) is 0 Å². The molecule has 0 spiro atoms. The van der Waals surface area contributed by atoms with Gasteiger partial charge in [0.2, 0.25) is 0 Å². The van der Waals surface area contributed by atoms with Gasteiger partial charge in [0.15, 0.2) is 0 Å². The van der Waals surface area contributed by atoms with E-state index in [1.807, 2.05) is 6.07 Å². The van der Waals surface area contributed by atoms with Crippen LogP contribution in [0.1, 0.15) is 25.8 Å². The van der Waals surface area contributed by atoms with Gasteiger partial charge >= 0.3 is 0 Å². The lowest BCUT2D eigenvalue weighted by Crippen LogP contribution is -2.30. The van der Waals surface area contributed by atoms with Gasteiger partial charge in [-0.05, 0) is 29.5 Å². The van der Waals surface area contributed by atoms with E-state index in [2.05, 4.69) is 53.3 Å². The van der Waals surface area contributed by atoms with E-state index < -0.39 is 0 Å². The zero-order valence-corrected chi connectivity index (χ0v) is 12.5. The second-order valence-corrected chi connectivity index (χ2v) is 6.06. The molecule has 0 aliphatic rings. The highest BCUT2D eigenvalue weighted by Gasteiger charge is 2.16. The molecule has 17 heavy (non-hydrogen) atoms. The fraction of sp³-hybridized carbons (Fsp3) is 0.571. The van der Waals surface area contributed by atoms with Crippen LogP contribution in [0.2, 0.25) is 0 Å². The second-order valence-electron chi connectivity index (χ2n) is 5.14. The normalized spacial score (nSPS) is 11.8. The summed E-state index contributed by atoms with van der Waals surface area (Å²) in [5.41, 5.74) is 1.59. The van der Waals surface area contributed by atoms with Crippen LogP contribution in [0.3, 0.4) is 0 Å². The van der Waals surface area contributed by atoms with Crippen LogP contribution >= 0.6 is 15.9 Å². The average Bonchev–Trinajstić information content (AvgIpc) is 2.26. The first kappa shape index (κ1) is 14.7. The number of benzene rings is 1. The zero-order chi connectivity index (χ0) is 12.7. The molecule has 1 aromatic rings. The maximum atomic E-state index is 5.12. The standard InChI is InChI=1S/C14H22BrNO/c1-14(2,7-8-17-3)11-16-10-12-5-4-6-13(15)9-12/h4-6,9,16H,7-8,10-11H2,1-3H3. The van der Waals surface area contributed by atoms with Crippen LogP contribution < -0.4 is 5.32 Å². The molecule has 0 bridgehead atoms. The van der Waals surface area contributed by atoms with Crippen LogP contribution in [0.25, 0.3) is 0 Å². The highest BCUT2D eigenvalue weighted by molar-refractivity contribution is 9.10. The fourth-order valence-corrected chi connectivity index (χ4v) is 2.11. The number of hydrogen-bond acceptors (Lipinski definition) is 2. The number of nitrogens with one attached hydrogen (secondary N) is 1. The number of ether oxygens (including phenoxy) is 1. The number of rotatable bonds is 7. The molecule has 1 N–H and O–H groups in total. The molecule has 3 heteroatoms. The van der Waals surface area contributed by atoms with Crippen molar-refractivity contribution in [3.63, 3.8) is 0 Å². The molecule has 0 amide bonds. The Labute approximate surface area is 113 Å². The van der Waals surface area contributed by atoms with Gasteiger partial charge in [-0.1, -0.05) is 41.9 Å². The lowest BCUT2D eigenvalue weighted by atomic mass is 9.89. The minimum absolute atomic E-state index is 0.280. The maximum Gasteiger partial charge on any atom is 0.0467 e. The van der Waals surface area contributed by atoms with Crippen molar-refractivity contribution in [3.8, 4) is 0 Å². The summed E-state index contributed by atoms with van der Waals surface area (Å²) in [6.07, 6.45) is 1.08. The van der Waals surface area contributed by atoms with Crippen molar-refractivity contribution in [1.82, 2.24) is 5.32 Å². The molecular formula is C14H22BrNO. The first-order valence-corrected chi connectivity index (χ1v) is 6.77. The monoisotopic (exact) mass is 299 g/mol. The molecule has 0 heterocycles. The molecule has 0 aliphatic carbocycles. The van der Waals surface area contributed by atoms with Crippen molar-refractivity contribution in [1.29, 1.82) is 0 Å². The predicted octanol–water partition coefficient (Wildman–Crippen LogP) is 3.60. The molecule has 1 aromatic carbocycles. The summed E-state index contributed by atoms with van der Waals surface area (Å²) >= 11 is 3.48. The van der Waals surface area contributed by atoms with E-state index >= 15 is 0 Å². The second kappa shape index (κ2) is 7.14. The van der Waals surface area contributed by atoms with E-state index in [0.717, 1.165) is 30.6 Å². The minimum Gasteiger partial charge on any atom is -0.385 e. The molecule has 0 atom stereocenters. The number of hydrogen-bond donors (Lipinski definition) is 1. The topological polar surface area (TPSA) is 21.3 Å². The summed E-state index contributed by atoms with van der Waals surface area (Å²) in [5.74, 6) is 0. The van der Waals surface area contributed by atoms with Crippen LogP contribution in [-0.4, -0.2) is 20.3 Å². The van der Waals surface area contributed by atoms with Gasteiger partial charge in [0.25, 0.3) is 0 Å². The SMILES string of the molecule is COCCC(C)(C)CNCc1cccc(Br)c1. The molecule has 0 radical (unpaired) electrons. The highest BCUT2D eigenvalue weighted by Crippen LogP contribution is 2.19. The molecule has 0 fully saturated rings. The molecule has 2 nitrogen and oxygen atoms in total. The third-order valence-corrected chi connectivity index (χ3v) is 3.30. The largest absolute Gasteiger partial charge is 0.385 e. The molecule has 0 saturated carbocycles. The van der Waals surface area contributed by atoms with E-state index in [9.17, 15) is 0 Å². The highest BCUT2D eigenvalue weighted by atomic mass is 79.9. The van der Waals surface area contributed by atoms with Gasteiger partial charge < -0.3 is 10.1 Å². The summed E-state index contributed by atoms with van der Waals surface area (Å²) in [6, 6.07) is 8.40. The smallest absolute Gasteiger partial charge is 0.0467 e. The molecule has 0 unspecified atom stereocenters. The summed E-state index contributed by atoms with van der Waals surface area (Å²) in [6.45, 7) is 7.27. The van der Waals surface area contributed by atoms with E-state index in [4.69, 9.17) is 4.74 Å². The summed E-state index contributed by atoms with van der Waals surface area (Å²) < 4.78 is 6.26. The van der Waals surface area contributed by atoms with Gasteiger partial charge in [-0.25, -0.2) is 0 Å². The van der Waals surface area contributed by atoms with Crippen LogP contribution in [0.5, 0.6) is 0 Å². The number of methoxy groups -OCH3 is 1. The summed E-state index contributed by atoms with van der Waals surface area (Å²) in [4.78, 5) is 0. The lowest BCUT2D eigenvalue weighted by Gasteiger charge is -2.24. The van der Waals surface area contributed by atoms with Crippen molar-refractivity contribution in [2.45, 2.75) is 26.8 Å². The van der Waals surface area contributed by atoms with Gasteiger partial charge in [0, 0.05) is 31.3 Å². The molecule has 1 rings (SSSR count). The third-order valence-electron chi connectivity index (χ3n) is 2.80. The Kier molecular flexibility index (Phi) is 6.17.